The summed E-state index contributed by atoms with van der Waals surface area (Å²) in [5.41, 5.74) is 17.0. The number of benzene rings is 9. The normalized spacial score (nSPS) is 13.4. The standard InChI is InChI=1S/C76H68N4O.Pt/c1-73(2,3)50-37-38-77-69(44-50)80-66-34-19-18-28-60(66)61-36-35-56(46-67(61)80)81-55-26-20-25-54(45-55)78-47-79-71-58(49-39-51(74(4,5)6)41-52(40-49)75(7,8)9)31-22-33-64(71)63-32-21-30-57(48-23-14-13-15-24-48)70(63)62-29-17-16-27-59(62)65-42-53(76(10,11)12)43-68(78)72(65)79;/h13-44H,1-12H3;/q-2;/i13D,14D,15D,23D,24D;. The van der Waals surface area contributed by atoms with E-state index in [-0.39, 0.29) is 72.5 Å². The van der Waals surface area contributed by atoms with Crippen LogP contribution in [0.15, 0.2) is 194 Å². The second-order valence-electron chi connectivity index (χ2n) is 25.8. The number of hydrogen-bond acceptors (Lipinski definition) is 2. The van der Waals surface area contributed by atoms with Crippen molar-refractivity contribution in [2.24, 2.45) is 0 Å². The maximum Gasteiger partial charge on any atom is 0.268 e. The van der Waals surface area contributed by atoms with Gasteiger partial charge in [0.15, 0.2) is 0 Å². The van der Waals surface area contributed by atoms with Crippen LogP contribution in [0.1, 0.15) is 112 Å². The van der Waals surface area contributed by atoms with Crippen molar-refractivity contribution in [3.63, 3.8) is 0 Å². The molecule has 9 aromatic carbocycles. The van der Waals surface area contributed by atoms with Gasteiger partial charge in [-0.3, -0.25) is 4.57 Å². The molecular formula is C76H68N4OPt-2. The Morgan fingerprint density at radius 3 is 1.80 bits per heavy atom. The van der Waals surface area contributed by atoms with Crippen LogP contribution in [-0.2, 0) is 42.7 Å². The number of ether oxygens (including phenoxy) is 1. The molecule has 12 aromatic rings. The summed E-state index contributed by atoms with van der Waals surface area (Å²) in [5, 5.41) is 2.14. The van der Waals surface area contributed by atoms with Crippen molar-refractivity contribution in [2.45, 2.75) is 105 Å². The van der Waals surface area contributed by atoms with Crippen molar-refractivity contribution in [3.8, 4) is 84.3 Å². The molecule has 0 fully saturated rings. The third-order valence-corrected chi connectivity index (χ3v) is 16.1. The van der Waals surface area contributed by atoms with Crippen LogP contribution in [-0.4, -0.2) is 14.1 Å². The molecular weight excluding hydrogens is 1180 g/mol. The van der Waals surface area contributed by atoms with Crippen LogP contribution >= 0.6 is 0 Å². The Morgan fingerprint density at radius 1 is 0.476 bits per heavy atom. The van der Waals surface area contributed by atoms with Gasteiger partial charge < -0.3 is 13.9 Å². The topological polar surface area (TPSA) is 35.9 Å². The number of nitrogens with zero attached hydrogens (tertiary/aromatic N) is 4. The molecule has 0 radical (unpaired) electrons. The minimum absolute atomic E-state index is 0. The van der Waals surface area contributed by atoms with Crippen LogP contribution in [0.3, 0.4) is 0 Å². The molecule has 410 valence electrons. The molecule has 5 nitrogen and oxygen atoms in total. The molecule has 13 rings (SSSR count). The van der Waals surface area contributed by atoms with Gasteiger partial charge in [0.1, 0.15) is 5.82 Å². The minimum atomic E-state index is -0.434. The van der Waals surface area contributed by atoms with E-state index in [0.717, 1.165) is 94.4 Å². The van der Waals surface area contributed by atoms with Crippen LogP contribution in [0.2, 0.25) is 0 Å². The average molecular weight is 1250 g/mol. The van der Waals surface area contributed by atoms with Crippen LogP contribution in [0.5, 0.6) is 11.5 Å². The number of fused-ring (bicyclic) bond motifs is 10. The van der Waals surface area contributed by atoms with Crippen molar-refractivity contribution >= 4 is 32.8 Å². The van der Waals surface area contributed by atoms with Gasteiger partial charge in [0.25, 0.3) is 6.33 Å². The predicted molar refractivity (Wildman–Crippen MR) is 336 cm³/mol. The molecule has 0 aliphatic carbocycles. The zero-order valence-electron chi connectivity index (χ0n) is 53.6. The van der Waals surface area contributed by atoms with E-state index in [1.807, 2.05) is 48.7 Å². The van der Waals surface area contributed by atoms with Crippen molar-refractivity contribution in [2.75, 3.05) is 0 Å². The Bertz CT molecular complexity index is 4730. The van der Waals surface area contributed by atoms with Gasteiger partial charge in [0, 0.05) is 44.3 Å². The molecule has 0 N–H and O–H groups in total. The van der Waals surface area contributed by atoms with Gasteiger partial charge in [-0.25, -0.2) is 4.98 Å². The quantitative estimate of drug-likeness (QED) is 0.123. The summed E-state index contributed by atoms with van der Waals surface area (Å²) in [6.45, 7) is 26.9. The molecule has 0 bridgehead atoms. The molecule has 0 atom stereocenters. The van der Waals surface area contributed by atoms with Crippen molar-refractivity contribution in [1.82, 2.24) is 14.1 Å². The van der Waals surface area contributed by atoms with E-state index in [9.17, 15) is 2.74 Å². The van der Waals surface area contributed by atoms with E-state index in [0.29, 0.717) is 22.7 Å². The van der Waals surface area contributed by atoms with Crippen LogP contribution in [0, 0.1) is 18.5 Å². The molecule has 1 aliphatic heterocycles. The Kier molecular flexibility index (Phi) is 11.9. The van der Waals surface area contributed by atoms with Crippen LogP contribution in [0.4, 0.5) is 0 Å². The van der Waals surface area contributed by atoms with E-state index >= 15 is 0 Å². The third-order valence-electron chi connectivity index (χ3n) is 16.1. The van der Waals surface area contributed by atoms with Crippen molar-refractivity contribution in [1.29, 1.82) is 0 Å². The summed E-state index contributed by atoms with van der Waals surface area (Å²) in [5.74, 6) is 1.84. The summed E-state index contributed by atoms with van der Waals surface area (Å²) in [4.78, 5) is 4.91. The zero-order valence-corrected chi connectivity index (χ0v) is 50.9. The largest absolute Gasteiger partial charge is 0.510 e. The number of hydrogen-bond donors (Lipinski definition) is 0. The number of rotatable bonds is 6. The number of pyridine rings is 1. The van der Waals surface area contributed by atoms with Gasteiger partial charge >= 0.3 is 0 Å². The summed E-state index contributed by atoms with van der Waals surface area (Å²) in [6, 6.07) is 60.7. The predicted octanol–water partition coefficient (Wildman–Crippen LogP) is 19.4. The van der Waals surface area contributed by atoms with Crippen molar-refractivity contribution in [3.05, 3.63) is 235 Å². The Hall–Kier alpha value is -8.11. The fourth-order valence-electron chi connectivity index (χ4n) is 11.6. The summed E-state index contributed by atoms with van der Waals surface area (Å²) in [6.07, 6.45) is 5.88. The first-order chi connectivity index (χ1) is 40.8. The van der Waals surface area contributed by atoms with Gasteiger partial charge in [-0.15, -0.1) is 29.7 Å². The molecule has 0 spiro atoms. The first-order valence-electron chi connectivity index (χ1n) is 30.5. The van der Waals surface area contributed by atoms with E-state index in [4.69, 9.17) is 13.8 Å². The SMILES string of the molecule is [2H]c1c([2H])c([2H])c(-c2cccc3c2-c2ccccc2-c2cc(C(C)(C)C)cc4c2[n+]([c-]n4-c2[c-]c(Oc4[c-]c5c(cc4)c4ccccc4n5-c4cc(C(C)(C)C)ccn4)ccc2)-c2c(-c4cc(C(C)(C)C)cc(C(C)(C)C)c4)cccc2-3)c([2H])c1[2H].[Pt]. The molecule has 3 aromatic heterocycles. The van der Waals surface area contributed by atoms with E-state index in [1.165, 1.54) is 16.7 Å². The second kappa shape index (κ2) is 20.1. The monoisotopic (exact) mass is 1250 g/mol. The van der Waals surface area contributed by atoms with E-state index in [1.54, 1.807) is 0 Å². The fourth-order valence-corrected chi connectivity index (χ4v) is 11.6. The van der Waals surface area contributed by atoms with E-state index < -0.39 is 6.04 Å². The Labute approximate surface area is 505 Å². The van der Waals surface area contributed by atoms with Gasteiger partial charge in [-0.2, -0.15) is 18.2 Å². The molecule has 0 amide bonds. The molecule has 0 saturated carbocycles. The second-order valence-corrected chi connectivity index (χ2v) is 25.8. The third kappa shape index (κ3) is 9.51. The first-order valence-corrected chi connectivity index (χ1v) is 28.0. The van der Waals surface area contributed by atoms with E-state index in [2.05, 4.69) is 231 Å². The molecule has 6 heteroatoms. The van der Waals surface area contributed by atoms with Gasteiger partial charge in [-0.05, 0) is 135 Å². The summed E-state index contributed by atoms with van der Waals surface area (Å²) < 4.78 is 58.7. The maximum atomic E-state index is 9.42. The summed E-state index contributed by atoms with van der Waals surface area (Å²) >= 11 is 0. The Morgan fingerprint density at radius 2 is 1.09 bits per heavy atom. The molecule has 0 unspecified atom stereocenters. The number of imidazole rings is 1. The van der Waals surface area contributed by atoms with Gasteiger partial charge in [-0.1, -0.05) is 222 Å². The molecule has 0 saturated heterocycles. The van der Waals surface area contributed by atoms with Crippen LogP contribution in [0.25, 0.3) is 106 Å². The summed E-state index contributed by atoms with van der Waals surface area (Å²) in [7, 11) is 0. The smallest absolute Gasteiger partial charge is 0.268 e. The fraction of sp³-hybridized carbons (Fsp3) is 0.211. The average Bonchev–Trinajstić information content (AvgIpc) is 1.85. The maximum absolute atomic E-state index is 9.42. The van der Waals surface area contributed by atoms with Crippen LogP contribution < -0.4 is 9.30 Å². The van der Waals surface area contributed by atoms with Crippen molar-refractivity contribution < 1.29 is 37.2 Å². The molecule has 1 aliphatic rings. The molecule has 82 heavy (non-hydrogen) atoms. The minimum Gasteiger partial charge on any atom is -0.510 e. The van der Waals surface area contributed by atoms with Gasteiger partial charge in [0.05, 0.1) is 23.6 Å². The first kappa shape index (κ1) is 48.6. The Balaban J connectivity index is 0.00000739. The number of para-hydroxylation sites is 2. The van der Waals surface area contributed by atoms with Gasteiger partial charge in [0.2, 0.25) is 0 Å². The molecule has 4 heterocycles. The number of aromatic nitrogens is 4. The zero-order chi connectivity index (χ0) is 60.7.